The van der Waals surface area contributed by atoms with E-state index in [2.05, 4.69) is 9.47 Å². The average Bonchev–Trinajstić information content (AvgIpc) is 2.84. The summed E-state index contributed by atoms with van der Waals surface area (Å²) >= 11 is 0. The maximum Gasteiger partial charge on any atom is 0.344 e. The molecule has 0 aliphatic carbocycles. The Morgan fingerprint density at radius 2 is 0.914 bits per heavy atom. The van der Waals surface area contributed by atoms with Crippen molar-refractivity contribution in [1.29, 1.82) is 0 Å². The predicted molar refractivity (Wildman–Crippen MR) is 117 cm³/mol. The number of Topliss-reactive ketones (excluding diaryl/α,β-unsaturated/α-hetero) is 1. The fourth-order valence-electron chi connectivity index (χ4n) is 3.53. The zero-order valence-electron chi connectivity index (χ0n) is 18.4. The number of rotatable bonds is 8. The van der Waals surface area contributed by atoms with Gasteiger partial charge >= 0.3 is 24.2 Å². The van der Waals surface area contributed by atoms with E-state index in [4.69, 9.17) is 0 Å². The summed E-state index contributed by atoms with van der Waals surface area (Å²) in [6.45, 7) is 3.25. The maximum absolute atomic E-state index is 13.1. The van der Waals surface area contributed by atoms with E-state index in [1.54, 1.807) is 48.5 Å². The molecule has 0 fully saturated rings. The van der Waals surface area contributed by atoms with E-state index in [0.29, 0.717) is 22.3 Å². The Bertz CT molecular complexity index is 1190. The van der Waals surface area contributed by atoms with Crippen molar-refractivity contribution in [3.63, 3.8) is 0 Å². The number of carbonyl (C=O) groups excluding carboxylic acids is 1. The molecule has 3 rings (SSSR count). The van der Waals surface area contributed by atoms with Crippen LogP contribution >= 0.6 is 0 Å². The van der Waals surface area contributed by atoms with E-state index in [-0.39, 0.29) is 17.3 Å². The number of ether oxygens (including phenoxy) is 2. The van der Waals surface area contributed by atoms with E-state index in [1.807, 2.05) is 6.92 Å². The largest absolute Gasteiger partial charge is 0.428 e. The molecule has 0 aliphatic rings. The molecule has 0 N–H and O–H groups in total. The lowest BCUT2D eigenvalue weighted by molar-refractivity contribution is 0.101. The highest BCUT2D eigenvalue weighted by atomic mass is 19.3. The highest BCUT2D eigenvalue weighted by Gasteiger charge is 2.31. The van der Waals surface area contributed by atoms with Crippen LogP contribution in [-0.4, -0.2) is 5.78 Å². The molecule has 0 amide bonds. The number of ketones is 1. The van der Waals surface area contributed by atoms with Gasteiger partial charge in [-0.05, 0) is 54.8 Å². The van der Waals surface area contributed by atoms with Crippen LogP contribution in [0, 0.1) is 0 Å². The number of benzene rings is 3. The number of hydrogen-bond acceptors (Lipinski definition) is 3. The van der Waals surface area contributed by atoms with E-state index < -0.39 is 29.6 Å². The smallest absolute Gasteiger partial charge is 0.344 e. The molecule has 0 spiro atoms. The van der Waals surface area contributed by atoms with Gasteiger partial charge in [0.2, 0.25) is 0 Å². The molecule has 9 heteroatoms. The molecule has 3 aromatic rings. The van der Waals surface area contributed by atoms with Crippen LogP contribution in [0.3, 0.4) is 0 Å². The van der Waals surface area contributed by atoms with Gasteiger partial charge in [0.25, 0.3) is 0 Å². The van der Waals surface area contributed by atoms with Gasteiger partial charge in [0, 0.05) is 11.0 Å². The minimum absolute atomic E-state index is 0.133. The van der Waals surface area contributed by atoms with E-state index in [1.165, 1.54) is 31.2 Å². The Labute approximate surface area is 196 Å². The van der Waals surface area contributed by atoms with Crippen LogP contribution in [-0.2, 0) is 5.41 Å². The van der Waals surface area contributed by atoms with Gasteiger partial charge in [-0.25, -0.2) is 0 Å². The maximum atomic E-state index is 13.1. The zero-order chi connectivity index (χ0) is 25.8. The summed E-state index contributed by atoms with van der Waals surface area (Å²) in [5.74, 6) is -0.452. The summed E-state index contributed by atoms with van der Waals surface area (Å²) in [7, 11) is 0. The SMILES string of the molecule is CC(=O)c1ccc(C(C)(c2ccc(OC(F)=C(F)F)cc2)c2ccc(OC(F)=C(F)F)cc2)cc1. The van der Waals surface area contributed by atoms with Crippen molar-refractivity contribution < 1.29 is 40.6 Å². The minimum atomic E-state index is -2.59. The van der Waals surface area contributed by atoms with Crippen molar-refractivity contribution in [2.75, 3.05) is 0 Å². The molecule has 35 heavy (non-hydrogen) atoms. The van der Waals surface area contributed by atoms with Gasteiger partial charge in [-0.3, -0.25) is 4.79 Å². The van der Waals surface area contributed by atoms with Crippen molar-refractivity contribution in [2.45, 2.75) is 19.3 Å². The second kappa shape index (κ2) is 10.5. The van der Waals surface area contributed by atoms with Crippen LogP contribution in [0.1, 0.15) is 40.9 Å². The third kappa shape index (κ3) is 5.74. The molecule has 3 nitrogen and oxygen atoms in total. The van der Waals surface area contributed by atoms with E-state index in [9.17, 15) is 31.1 Å². The monoisotopic (exact) mass is 492 g/mol. The summed E-state index contributed by atoms with van der Waals surface area (Å²) in [5.41, 5.74) is 1.52. The topological polar surface area (TPSA) is 35.5 Å². The van der Waals surface area contributed by atoms with Crippen molar-refractivity contribution in [2.24, 2.45) is 0 Å². The Hall–Kier alpha value is -4.01. The Kier molecular flexibility index (Phi) is 7.68. The van der Waals surface area contributed by atoms with Crippen LogP contribution in [0.15, 0.2) is 97.0 Å². The van der Waals surface area contributed by atoms with Gasteiger partial charge in [0.05, 0.1) is 0 Å². The molecule has 0 atom stereocenters. The third-order valence-corrected chi connectivity index (χ3v) is 5.44. The lowest BCUT2D eigenvalue weighted by Gasteiger charge is -2.32. The minimum Gasteiger partial charge on any atom is -0.428 e. The normalized spacial score (nSPS) is 11.0. The van der Waals surface area contributed by atoms with Crippen LogP contribution in [0.4, 0.5) is 26.3 Å². The van der Waals surface area contributed by atoms with Gasteiger partial charge in [-0.2, -0.15) is 26.3 Å². The molecule has 0 radical (unpaired) electrons. The average molecular weight is 492 g/mol. The lowest BCUT2D eigenvalue weighted by atomic mass is 9.71. The molecule has 0 aliphatic heterocycles. The zero-order valence-corrected chi connectivity index (χ0v) is 18.4. The first kappa shape index (κ1) is 25.6. The summed E-state index contributed by atoms with van der Waals surface area (Å²) in [5, 5.41) is 0. The molecule has 0 heterocycles. The number of carbonyl (C=O) groups is 1. The van der Waals surface area contributed by atoms with Gasteiger partial charge in [-0.1, -0.05) is 48.5 Å². The van der Waals surface area contributed by atoms with E-state index in [0.717, 1.165) is 0 Å². The van der Waals surface area contributed by atoms with Crippen LogP contribution < -0.4 is 9.47 Å². The quantitative estimate of drug-likeness (QED) is 0.138. The first-order valence-corrected chi connectivity index (χ1v) is 10.1. The summed E-state index contributed by atoms with van der Waals surface area (Å²) < 4.78 is 84.6. The lowest BCUT2D eigenvalue weighted by Crippen LogP contribution is -2.25. The van der Waals surface area contributed by atoms with E-state index >= 15 is 0 Å². The molecule has 0 unspecified atom stereocenters. The Morgan fingerprint density at radius 1 is 0.600 bits per heavy atom. The first-order valence-electron chi connectivity index (χ1n) is 10.1. The third-order valence-electron chi connectivity index (χ3n) is 5.44. The highest BCUT2D eigenvalue weighted by Crippen LogP contribution is 2.40. The predicted octanol–water partition coefficient (Wildman–Crippen LogP) is 8.07. The van der Waals surface area contributed by atoms with Crippen molar-refractivity contribution in [3.8, 4) is 11.5 Å². The van der Waals surface area contributed by atoms with Crippen LogP contribution in [0.25, 0.3) is 0 Å². The summed E-state index contributed by atoms with van der Waals surface area (Å²) in [4.78, 5) is 11.7. The molecular formula is C26H18F6O3. The van der Waals surface area contributed by atoms with Crippen molar-refractivity contribution in [3.05, 3.63) is 119 Å². The second-order valence-corrected chi connectivity index (χ2v) is 7.58. The Morgan fingerprint density at radius 3 is 1.20 bits per heavy atom. The van der Waals surface area contributed by atoms with Crippen molar-refractivity contribution >= 4 is 5.78 Å². The molecular weight excluding hydrogens is 474 g/mol. The van der Waals surface area contributed by atoms with Crippen LogP contribution in [0.2, 0.25) is 0 Å². The molecule has 182 valence electrons. The number of hydrogen-bond donors (Lipinski definition) is 0. The molecule has 0 saturated carbocycles. The highest BCUT2D eigenvalue weighted by molar-refractivity contribution is 5.94. The molecule has 0 bridgehead atoms. The van der Waals surface area contributed by atoms with Gasteiger partial charge in [0.1, 0.15) is 11.5 Å². The number of halogens is 6. The standard InChI is InChI=1S/C26H18F6O3/c1-15(33)16-3-5-17(6-4-16)26(2,18-7-11-20(12-8-18)34-24(31)22(27)28)19-9-13-21(14-10-19)35-25(32)23(29)30/h3-14H,1-2H3. The van der Waals surface area contributed by atoms with Crippen LogP contribution in [0.5, 0.6) is 11.5 Å². The van der Waals surface area contributed by atoms with Gasteiger partial charge in [0.15, 0.2) is 5.78 Å². The Balaban J connectivity index is 2.07. The van der Waals surface area contributed by atoms with Gasteiger partial charge in [-0.15, -0.1) is 0 Å². The molecule has 0 saturated heterocycles. The fraction of sp³-hybridized carbons (Fsp3) is 0.115. The van der Waals surface area contributed by atoms with Gasteiger partial charge < -0.3 is 9.47 Å². The summed E-state index contributed by atoms with van der Waals surface area (Å²) in [6, 6.07) is 14.1. The molecule has 3 aromatic carbocycles. The molecule has 0 aromatic heterocycles. The summed E-state index contributed by atoms with van der Waals surface area (Å²) in [6.07, 6.45) is -5.18. The fourth-order valence-corrected chi connectivity index (χ4v) is 3.53. The second-order valence-electron chi connectivity index (χ2n) is 7.58. The van der Waals surface area contributed by atoms with Crippen molar-refractivity contribution in [1.82, 2.24) is 0 Å². The first-order chi connectivity index (χ1) is 16.5.